The normalized spacial score (nSPS) is 14.5. The van der Waals surface area contributed by atoms with Crippen molar-refractivity contribution in [2.75, 3.05) is 13.1 Å². The summed E-state index contributed by atoms with van der Waals surface area (Å²) in [6, 6.07) is 26.6. The SMILES string of the molecule is O=C1NCCNC(=O)c2ccccc2OCc2ccc3cc(ccc3c2)COc2ccccc21. The van der Waals surface area contributed by atoms with Gasteiger partial charge in [0, 0.05) is 13.1 Å². The van der Waals surface area contributed by atoms with E-state index in [1.807, 2.05) is 24.3 Å². The zero-order valence-electron chi connectivity index (χ0n) is 18.5. The lowest BCUT2D eigenvalue weighted by Gasteiger charge is -2.14. The van der Waals surface area contributed by atoms with Crippen molar-refractivity contribution in [3.05, 3.63) is 107 Å². The molecule has 3 aliphatic rings. The van der Waals surface area contributed by atoms with E-state index in [-0.39, 0.29) is 24.9 Å². The Bertz CT molecular complexity index is 1260. The molecule has 3 aliphatic heterocycles. The summed E-state index contributed by atoms with van der Waals surface area (Å²) >= 11 is 0. The van der Waals surface area contributed by atoms with Crippen LogP contribution in [-0.2, 0) is 13.2 Å². The van der Waals surface area contributed by atoms with E-state index in [9.17, 15) is 9.59 Å². The summed E-state index contributed by atoms with van der Waals surface area (Å²) in [6.07, 6.45) is 0. The Kier molecular flexibility index (Phi) is 6.12. The van der Waals surface area contributed by atoms with Crippen LogP contribution in [0.1, 0.15) is 31.8 Å². The maximum absolute atomic E-state index is 12.7. The van der Waals surface area contributed by atoms with E-state index in [2.05, 4.69) is 34.9 Å². The van der Waals surface area contributed by atoms with Gasteiger partial charge in [-0.15, -0.1) is 0 Å². The van der Waals surface area contributed by atoms with Gasteiger partial charge in [-0.3, -0.25) is 9.59 Å². The molecule has 4 aromatic rings. The Morgan fingerprint density at radius 1 is 0.559 bits per heavy atom. The first-order valence-corrected chi connectivity index (χ1v) is 11.2. The molecule has 6 heteroatoms. The van der Waals surface area contributed by atoms with E-state index in [4.69, 9.17) is 9.47 Å². The van der Waals surface area contributed by atoms with Gasteiger partial charge < -0.3 is 20.1 Å². The third-order valence-electron chi connectivity index (χ3n) is 5.72. The minimum absolute atomic E-state index is 0.256. The van der Waals surface area contributed by atoms with Gasteiger partial charge in [-0.1, -0.05) is 48.5 Å². The topological polar surface area (TPSA) is 76.7 Å². The number of amides is 2. The van der Waals surface area contributed by atoms with Gasteiger partial charge in [0.15, 0.2) is 0 Å². The van der Waals surface area contributed by atoms with Gasteiger partial charge >= 0.3 is 0 Å². The molecule has 0 saturated carbocycles. The lowest BCUT2D eigenvalue weighted by Crippen LogP contribution is -2.35. The van der Waals surface area contributed by atoms with Gasteiger partial charge in [-0.25, -0.2) is 0 Å². The molecular weight excluding hydrogens is 428 g/mol. The quantitative estimate of drug-likeness (QED) is 0.413. The van der Waals surface area contributed by atoms with Crippen molar-refractivity contribution in [3.63, 3.8) is 0 Å². The van der Waals surface area contributed by atoms with Gasteiger partial charge in [0.05, 0.1) is 11.1 Å². The summed E-state index contributed by atoms with van der Waals surface area (Å²) in [5.74, 6) is 0.517. The third-order valence-corrected chi connectivity index (χ3v) is 5.72. The van der Waals surface area contributed by atoms with Crippen molar-refractivity contribution in [2.45, 2.75) is 13.2 Å². The molecule has 4 bridgehead atoms. The van der Waals surface area contributed by atoms with Gasteiger partial charge in [0.2, 0.25) is 0 Å². The summed E-state index contributed by atoms with van der Waals surface area (Å²) in [6.45, 7) is 1.25. The maximum atomic E-state index is 12.7. The zero-order valence-corrected chi connectivity index (χ0v) is 18.5. The van der Waals surface area contributed by atoms with Crippen LogP contribution in [0.4, 0.5) is 0 Å². The average molecular weight is 453 g/mol. The first kappa shape index (κ1) is 21.5. The summed E-state index contributed by atoms with van der Waals surface area (Å²) in [5.41, 5.74) is 2.93. The van der Waals surface area contributed by atoms with Crippen LogP contribution in [-0.4, -0.2) is 24.9 Å². The highest BCUT2D eigenvalue weighted by Gasteiger charge is 2.14. The number of rotatable bonds is 0. The van der Waals surface area contributed by atoms with Crippen LogP contribution in [0.25, 0.3) is 10.8 Å². The number of hydrogen-bond donors (Lipinski definition) is 2. The van der Waals surface area contributed by atoms with Crippen LogP contribution in [0.3, 0.4) is 0 Å². The minimum Gasteiger partial charge on any atom is -0.488 e. The van der Waals surface area contributed by atoms with Crippen LogP contribution >= 0.6 is 0 Å². The smallest absolute Gasteiger partial charge is 0.255 e. The molecule has 0 saturated heterocycles. The number of ether oxygens (including phenoxy) is 2. The molecule has 0 fully saturated rings. The molecule has 2 N–H and O–H groups in total. The first-order valence-electron chi connectivity index (χ1n) is 11.2. The summed E-state index contributed by atoms with van der Waals surface area (Å²) in [7, 11) is 0. The standard InChI is InChI=1S/C28H24N2O4/c31-27-23-5-1-3-7-25(23)33-17-19-9-11-22-16-20(10-12-21(22)15-19)18-34-26-8-4-2-6-24(26)28(32)30-14-13-29-27/h1-12,15-16H,13-14,17-18H2,(H,29,31)(H,30,32). The molecule has 170 valence electrons. The molecular formula is C28H24N2O4. The molecule has 7 rings (SSSR count). The highest BCUT2D eigenvalue weighted by molar-refractivity contribution is 5.98. The molecule has 4 aromatic carbocycles. The number of carbonyl (C=O) groups is 2. The minimum atomic E-state index is -0.256. The zero-order chi connectivity index (χ0) is 23.3. The maximum Gasteiger partial charge on any atom is 0.255 e. The molecule has 0 radical (unpaired) electrons. The fourth-order valence-corrected chi connectivity index (χ4v) is 3.95. The Morgan fingerprint density at radius 3 is 1.47 bits per heavy atom. The van der Waals surface area contributed by atoms with Crippen molar-refractivity contribution < 1.29 is 19.1 Å². The summed E-state index contributed by atoms with van der Waals surface area (Å²) < 4.78 is 12.0. The van der Waals surface area contributed by atoms with Crippen molar-refractivity contribution >= 4 is 22.6 Å². The monoisotopic (exact) mass is 452 g/mol. The molecule has 0 atom stereocenters. The average Bonchev–Trinajstić information content (AvgIpc) is 2.88. The molecule has 0 aliphatic carbocycles. The molecule has 0 aromatic heterocycles. The van der Waals surface area contributed by atoms with Gasteiger partial charge in [0.1, 0.15) is 24.7 Å². The number of carbonyl (C=O) groups excluding carboxylic acids is 2. The Hall–Kier alpha value is -4.32. The number of benzene rings is 4. The molecule has 0 unspecified atom stereocenters. The van der Waals surface area contributed by atoms with E-state index < -0.39 is 0 Å². The predicted octanol–water partition coefficient (Wildman–Crippen LogP) is 4.47. The number of nitrogens with one attached hydrogen (secondary N) is 2. The highest BCUT2D eigenvalue weighted by Crippen LogP contribution is 2.24. The van der Waals surface area contributed by atoms with E-state index in [1.165, 1.54) is 0 Å². The second-order valence-corrected chi connectivity index (χ2v) is 8.10. The van der Waals surface area contributed by atoms with Crippen LogP contribution < -0.4 is 20.1 Å². The first-order chi connectivity index (χ1) is 16.7. The van der Waals surface area contributed by atoms with E-state index >= 15 is 0 Å². The largest absolute Gasteiger partial charge is 0.488 e. The van der Waals surface area contributed by atoms with Gasteiger partial charge in [0.25, 0.3) is 11.8 Å². The van der Waals surface area contributed by atoms with Crippen molar-refractivity contribution in [1.29, 1.82) is 0 Å². The molecule has 0 spiro atoms. The van der Waals surface area contributed by atoms with Crippen molar-refractivity contribution in [2.24, 2.45) is 0 Å². The number of hydrogen-bond acceptors (Lipinski definition) is 4. The van der Waals surface area contributed by atoms with Crippen molar-refractivity contribution in [1.82, 2.24) is 10.6 Å². The van der Waals surface area contributed by atoms with Crippen molar-refractivity contribution in [3.8, 4) is 11.5 Å². The number of para-hydroxylation sites is 2. The molecule has 6 nitrogen and oxygen atoms in total. The molecule has 2 amide bonds. The van der Waals surface area contributed by atoms with Crippen LogP contribution in [0.5, 0.6) is 11.5 Å². The Labute approximate surface area is 197 Å². The Balaban J connectivity index is 1.48. The van der Waals surface area contributed by atoms with E-state index in [0.29, 0.717) is 35.8 Å². The van der Waals surface area contributed by atoms with Gasteiger partial charge in [-0.2, -0.15) is 0 Å². The fraction of sp³-hybridized carbons (Fsp3) is 0.143. The molecule has 3 heterocycles. The molecule has 34 heavy (non-hydrogen) atoms. The van der Waals surface area contributed by atoms with Crippen LogP contribution in [0, 0.1) is 0 Å². The van der Waals surface area contributed by atoms with Crippen LogP contribution in [0.2, 0.25) is 0 Å². The summed E-state index contributed by atoms with van der Waals surface area (Å²) in [5, 5.41) is 7.86. The third kappa shape index (κ3) is 4.71. The summed E-state index contributed by atoms with van der Waals surface area (Å²) in [4.78, 5) is 25.5. The lowest BCUT2D eigenvalue weighted by atomic mass is 10.0. The second kappa shape index (κ2) is 9.67. The fourth-order valence-electron chi connectivity index (χ4n) is 3.95. The number of fused-ring (bicyclic) bond motifs is 2. The van der Waals surface area contributed by atoms with E-state index in [1.54, 1.807) is 36.4 Å². The lowest BCUT2D eigenvalue weighted by molar-refractivity contribution is 0.0923. The Morgan fingerprint density at radius 2 is 1.00 bits per heavy atom. The second-order valence-electron chi connectivity index (χ2n) is 8.10. The van der Waals surface area contributed by atoms with Gasteiger partial charge in [-0.05, 0) is 58.3 Å². The van der Waals surface area contributed by atoms with E-state index in [0.717, 1.165) is 21.9 Å². The van der Waals surface area contributed by atoms with Crippen LogP contribution in [0.15, 0.2) is 84.9 Å². The highest BCUT2D eigenvalue weighted by atomic mass is 16.5. The predicted molar refractivity (Wildman–Crippen MR) is 130 cm³/mol.